The molecule has 1 radical (unpaired) electrons. The molecule has 0 spiro atoms. The Bertz CT molecular complexity index is 2840. The normalized spacial score (nSPS) is 17.0. The minimum Gasteiger partial charge on any atom is -0.486 e. The molecule has 4 aromatic carbocycles. The molecule has 0 saturated carbocycles. The standard InChI is InChI=1S/C29H21N2O.C13H12N.Ir/c1-17-7-9-21-14-22(11-10-20(21)13-17)26-15-27(30-16-18(26)2)25-6-4-5-23-24-12-8-19(3)31-29(24)32-28(23)25;1-10-3-6-12(7-4-10)13-8-5-11(2)9-14-13;/h4-5,7-16H,1-3H3;3-6,8-9H,1-2H3;/q2*-1;/i1D3,2D3,3D3;1D3,2D3;. The molecule has 8 aromatic rings. The quantitative estimate of drug-likeness (QED) is 0.167. The van der Waals surface area contributed by atoms with Gasteiger partial charge in [-0.15, -0.1) is 53.6 Å². The third kappa shape index (κ3) is 6.64. The Morgan fingerprint density at radius 1 is 0.660 bits per heavy atom. The van der Waals surface area contributed by atoms with E-state index in [4.69, 9.17) is 25.0 Å². The third-order valence-corrected chi connectivity index (χ3v) is 7.46. The minimum absolute atomic E-state index is 0. The second kappa shape index (κ2) is 13.4. The Kier molecular flexibility index (Phi) is 5.25. The van der Waals surface area contributed by atoms with Crippen molar-refractivity contribution < 1.29 is 45.1 Å². The Hall–Kier alpha value is -4.96. The van der Waals surface area contributed by atoms with Gasteiger partial charge in [0.1, 0.15) is 0 Å². The van der Waals surface area contributed by atoms with Crippen molar-refractivity contribution in [3.8, 4) is 33.6 Å². The van der Waals surface area contributed by atoms with Crippen molar-refractivity contribution in [3.63, 3.8) is 0 Å². The first-order chi connectivity index (χ1) is 28.4. The summed E-state index contributed by atoms with van der Waals surface area (Å²) in [5.74, 6) is 0. The number of pyridine rings is 3. The summed E-state index contributed by atoms with van der Waals surface area (Å²) in [6.07, 6.45) is 2.62. The second-order valence-corrected chi connectivity index (χ2v) is 10.6. The molecule has 4 nitrogen and oxygen atoms in total. The number of hydrogen-bond acceptors (Lipinski definition) is 4. The Morgan fingerprint density at radius 3 is 2.28 bits per heavy atom. The molecule has 0 aliphatic heterocycles. The molecule has 0 amide bonds. The van der Waals surface area contributed by atoms with Crippen LogP contribution in [-0.4, -0.2) is 15.0 Å². The van der Waals surface area contributed by atoms with E-state index >= 15 is 0 Å². The summed E-state index contributed by atoms with van der Waals surface area (Å²) in [5, 5.41) is 2.80. The zero-order chi connectivity index (χ0) is 44.3. The molecule has 0 fully saturated rings. The van der Waals surface area contributed by atoms with E-state index in [2.05, 4.69) is 27.1 Å². The van der Waals surface area contributed by atoms with Gasteiger partial charge in [-0.05, 0) is 90.0 Å². The van der Waals surface area contributed by atoms with Gasteiger partial charge in [0.15, 0.2) is 0 Å². The molecule has 233 valence electrons. The number of hydrogen-bond donors (Lipinski definition) is 0. The maximum Gasteiger partial charge on any atom is 0.216 e. The van der Waals surface area contributed by atoms with Crippen LogP contribution in [0.3, 0.4) is 0 Å². The van der Waals surface area contributed by atoms with E-state index in [1.165, 1.54) is 36.7 Å². The molecule has 0 N–H and O–H groups in total. The molecule has 0 bridgehead atoms. The molecule has 4 aromatic heterocycles. The minimum atomic E-state index is -2.45. The van der Waals surface area contributed by atoms with Gasteiger partial charge in [-0.1, -0.05) is 71.9 Å². The van der Waals surface area contributed by atoms with Crippen molar-refractivity contribution in [2.24, 2.45) is 0 Å². The maximum absolute atomic E-state index is 8.12. The van der Waals surface area contributed by atoms with Crippen LogP contribution in [0.5, 0.6) is 0 Å². The fourth-order valence-corrected chi connectivity index (χ4v) is 5.19. The van der Waals surface area contributed by atoms with Crippen LogP contribution in [-0.2, 0) is 20.1 Å². The van der Waals surface area contributed by atoms with Gasteiger partial charge < -0.3 is 14.4 Å². The number of rotatable bonds is 3. The molecule has 0 saturated heterocycles. The molecule has 8 rings (SSSR count). The van der Waals surface area contributed by atoms with Crippen LogP contribution >= 0.6 is 0 Å². The number of aryl methyl sites for hydroxylation is 5. The van der Waals surface area contributed by atoms with E-state index in [-0.39, 0.29) is 53.8 Å². The summed E-state index contributed by atoms with van der Waals surface area (Å²) in [6.45, 7) is -11.4. The van der Waals surface area contributed by atoms with Crippen molar-refractivity contribution in [1.29, 1.82) is 0 Å². The molecule has 5 heteroatoms. The number of aromatic nitrogens is 3. The third-order valence-electron chi connectivity index (χ3n) is 7.46. The predicted octanol–water partition coefficient (Wildman–Crippen LogP) is 10.8. The van der Waals surface area contributed by atoms with Gasteiger partial charge in [-0.3, -0.25) is 0 Å². The summed E-state index contributed by atoms with van der Waals surface area (Å²) < 4.78 is 120. The van der Waals surface area contributed by atoms with E-state index in [1.54, 1.807) is 66.7 Å². The summed E-state index contributed by atoms with van der Waals surface area (Å²) in [6, 6.07) is 32.0. The average Bonchev–Trinajstić information content (AvgIpc) is 3.57. The van der Waals surface area contributed by atoms with Crippen LogP contribution in [0, 0.1) is 46.4 Å². The van der Waals surface area contributed by atoms with Crippen LogP contribution in [0.2, 0.25) is 0 Å². The van der Waals surface area contributed by atoms with Crippen LogP contribution in [0.1, 0.15) is 48.5 Å². The van der Waals surface area contributed by atoms with Crippen molar-refractivity contribution >= 4 is 32.8 Å². The zero-order valence-corrected chi connectivity index (χ0v) is 26.9. The smallest absolute Gasteiger partial charge is 0.216 e. The van der Waals surface area contributed by atoms with E-state index in [9.17, 15) is 0 Å². The van der Waals surface area contributed by atoms with Crippen LogP contribution < -0.4 is 0 Å². The summed E-state index contributed by atoms with van der Waals surface area (Å²) >= 11 is 0. The first-order valence-electron chi connectivity index (χ1n) is 21.7. The molecule has 0 atom stereocenters. The number of furan rings is 1. The summed E-state index contributed by atoms with van der Waals surface area (Å²) in [7, 11) is 0. The number of benzene rings is 4. The van der Waals surface area contributed by atoms with Crippen molar-refractivity contribution in [2.75, 3.05) is 0 Å². The molecular formula is C42H33IrN3O-2. The van der Waals surface area contributed by atoms with Crippen LogP contribution in [0.25, 0.3) is 66.5 Å². The van der Waals surface area contributed by atoms with Crippen molar-refractivity contribution in [2.45, 2.75) is 34.3 Å². The van der Waals surface area contributed by atoms with Gasteiger partial charge in [0.25, 0.3) is 0 Å². The average molecular weight is 803 g/mol. The first kappa shape index (κ1) is 18.4. The monoisotopic (exact) mass is 803 g/mol. The molecule has 47 heavy (non-hydrogen) atoms. The van der Waals surface area contributed by atoms with Crippen molar-refractivity contribution in [1.82, 2.24) is 15.0 Å². The van der Waals surface area contributed by atoms with Gasteiger partial charge in [-0.2, -0.15) is 0 Å². The van der Waals surface area contributed by atoms with Gasteiger partial charge >= 0.3 is 0 Å². The number of nitrogens with zero attached hydrogens (tertiary/aromatic N) is 3. The van der Waals surface area contributed by atoms with Crippen LogP contribution in [0.15, 0.2) is 114 Å². The zero-order valence-electron chi connectivity index (χ0n) is 39.5. The van der Waals surface area contributed by atoms with E-state index in [1.807, 2.05) is 6.07 Å². The van der Waals surface area contributed by atoms with Gasteiger partial charge in [0, 0.05) is 64.1 Å². The van der Waals surface area contributed by atoms with Gasteiger partial charge in [-0.25, -0.2) is 4.98 Å². The van der Waals surface area contributed by atoms with Gasteiger partial charge in [0.2, 0.25) is 5.71 Å². The molecular weight excluding hydrogens is 755 g/mol. The molecule has 0 aliphatic carbocycles. The summed E-state index contributed by atoms with van der Waals surface area (Å²) in [4.78, 5) is 12.7. The van der Waals surface area contributed by atoms with E-state index in [0.29, 0.717) is 50.0 Å². The van der Waals surface area contributed by atoms with E-state index < -0.39 is 34.3 Å². The fourth-order valence-electron chi connectivity index (χ4n) is 5.19. The van der Waals surface area contributed by atoms with Crippen LogP contribution in [0.4, 0.5) is 0 Å². The molecule has 0 aliphatic rings. The SMILES string of the molecule is [2H]C([2H])([2H])c1c[c-]c(-c2ccc(C([2H])([2H])[2H])cn2)cc1.[2H]C([2H])([2H])c1ccc2cc(-c3cc(-c4[c-]ccc5c4oc4nc(C([2H])([2H])[2H])ccc45)ncc3C([2H])([2H])[2H])ccc2c1.[Ir]. The molecule has 0 unspecified atom stereocenters. The summed E-state index contributed by atoms with van der Waals surface area (Å²) in [5.41, 5.74) is 4.24. The largest absolute Gasteiger partial charge is 0.486 e. The Balaban J connectivity index is 0.000000258. The predicted molar refractivity (Wildman–Crippen MR) is 189 cm³/mol. The second-order valence-electron chi connectivity index (χ2n) is 10.6. The number of fused-ring (bicyclic) bond motifs is 4. The Morgan fingerprint density at radius 2 is 1.49 bits per heavy atom. The topological polar surface area (TPSA) is 51.8 Å². The molecule has 4 heterocycles. The first-order valence-corrected chi connectivity index (χ1v) is 14.2. The van der Waals surface area contributed by atoms with Gasteiger partial charge in [0.05, 0.1) is 5.58 Å². The Labute approximate surface area is 310 Å². The fraction of sp³-hybridized carbons (Fsp3) is 0.119. The van der Waals surface area contributed by atoms with E-state index in [0.717, 1.165) is 10.8 Å². The van der Waals surface area contributed by atoms with Crippen molar-refractivity contribution in [3.05, 3.63) is 150 Å². The maximum atomic E-state index is 8.12.